The maximum absolute atomic E-state index is 11.6. The van der Waals surface area contributed by atoms with E-state index in [0.717, 1.165) is 19.2 Å². The van der Waals surface area contributed by atoms with Gasteiger partial charge in [0.25, 0.3) is 11.4 Å². The zero-order chi connectivity index (χ0) is 19.3. The van der Waals surface area contributed by atoms with Gasteiger partial charge in [0.05, 0.1) is 29.6 Å². The summed E-state index contributed by atoms with van der Waals surface area (Å²) in [7, 11) is 2.60. The van der Waals surface area contributed by atoms with Crippen LogP contribution in [-0.4, -0.2) is 30.0 Å². The van der Waals surface area contributed by atoms with Gasteiger partial charge in [0.1, 0.15) is 11.3 Å². The van der Waals surface area contributed by atoms with E-state index in [1.165, 1.54) is 19.3 Å². The molecule has 0 aromatic heterocycles. The third-order valence-corrected chi connectivity index (χ3v) is 3.51. The maximum atomic E-state index is 11.6. The summed E-state index contributed by atoms with van der Waals surface area (Å²) in [5.74, 6) is -0.275. The Morgan fingerprint density at radius 1 is 0.962 bits per heavy atom. The van der Waals surface area contributed by atoms with E-state index in [0.29, 0.717) is 11.3 Å². The fourth-order valence-electron chi connectivity index (χ4n) is 2.23. The molecule has 26 heavy (non-hydrogen) atoms. The number of benzene rings is 2. The molecule has 0 amide bonds. The number of carbonyl (C=O) groups excluding carboxylic acids is 1. The van der Waals surface area contributed by atoms with Crippen molar-refractivity contribution in [3.63, 3.8) is 0 Å². The normalized spacial score (nSPS) is 10.5. The molecule has 0 bridgehead atoms. The number of nitro benzene ring substituents is 2. The van der Waals surface area contributed by atoms with Gasteiger partial charge in [-0.05, 0) is 23.8 Å². The fourth-order valence-corrected chi connectivity index (χ4v) is 2.23. The standard InChI is InChI=1S/C17H14N2O7/c1-25-13-6-3-11(4-7-13)5-8-14-15(18(21)22)9-12(17(20)26-2)10-16(14)19(23)24/h3-10H,1-2H3/b8-5+. The van der Waals surface area contributed by atoms with Crippen molar-refractivity contribution in [2.24, 2.45) is 0 Å². The SMILES string of the molecule is COC(=O)c1cc([N+](=O)[O-])c(/C=C/c2ccc(OC)cc2)c([N+](=O)[O-])c1. The van der Waals surface area contributed by atoms with Gasteiger partial charge in [-0.3, -0.25) is 20.2 Å². The number of nitrogens with zero attached hydrogens (tertiary/aromatic N) is 2. The van der Waals surface area contributed by atoms with E-state index in [4.69, 9.17) is 4.74 Å². The first-order valence-electron chi connectivity index (χ1n) is 7.24. The molecule has 0 heterocycles. The molecule has 134 valence electrons. The Balaban J connectivity index is 2.57. The minimum absolute atomic E-state index is 0.219. The molecular formula is C17H14N2O7. The van der Waals surface area contributed by atoms with Crippen LogP contribution in [0.2, 0.25) is 0 Å². The predicted molar refractivity (Wildman–Crippen MR) is 93.0 cm³/mol. The first-order chi connectivity index (χ1) is 12.4. The van der Waals surface area contributed by atoms with E-state index in [-0.39, 0.29) is 11.1 Å². The fraction of sp³-hybridized carbons (Fsp3) is 0.118. The first-order valence-corrected chi connectivity index (χ1v) is 7.24. The van der Waals surface area contributed by atoms with Crippen molar-refractivity contribution in [3.8, 4) is 5.75 Å². The second-order valence-electron chi connectivity index (χ2n) is 5.04. The average Bonchev–Trinajstić information content (AvgIpc) is 2.65. The highest BCUT2D eigenvalue weighted by molar-refractivity contribution is 5.93. The molecule has 9 heteroatoms. The number of esters is 1. The van der Waals surface area contributed by atoms with Crippen LogP contribution in [-0.2, 0) is 4.74 Å². The van der Waals surface area contributed by atoms with Crippen LogP contribution < -0.4 is 4.74 Å². The number of ether oxygens (including phenoxy) is 2. The molecule has 0 fully saturated rings. The average molecular weight is 358 g/mol. The maximum Gasteiger partial charge on any atom is 0.338 e. The molecule has 2 aromatic rings. The summed E-state index contributed by atoms with van der Waals surface area (Å²) in [5.41, 5.74) is -0.962. The lowest BCUT2D eigenvalue weighted by molar-refractivity contribution is -0.394. The van der Waals surface area contributed by atoms with Gasteiger partial charge in [0.15, 0.2) is 0 Å². The van der Waals surface area contributed by atoms with Crippen molar-refractivity contribution in [3.05, 3.63) is 73.3 Å². The monoisotopic (exact) mass is 358 g/mol. The van der Waals surface area contributed by atoms with Gasteiger partial charge in [0, 0.05) is 12.1 Å². The van der Waals surface area contributed by atoms with Crippen molar-refractivity contribution in [1.29, 1.82) is 0 Å². The molecule has 2 aromatic carbocycles. The van der Waals surface area contributed by atoms with Gasteiger partial charge in [-0.25, -0.2) is 4.79 Å². The number of hydrogen-bond acceptors (Lipinski definition) is 7. The first kappa shape index (κ1) is 18.6. The Kier molecular flexibility index (Phi) is 5.63. The minimum atomic E-state index is -0.901. The molecule has 0 atom stereocenters. The van der Waals surface area contributed by atoms with Crippen LogP contribution in [0.3, 0.4) is 0 Å². The lowest BCUT2D eigenvalue weighted by Crippen LogP contribution is -2.05. The molecule has 0 saturated carbocycles. The smallest absolute Gasteiger partial charge is 0.338 e. The van der Waals surface area contributed by atoms with Crippen molar-refractivity contribution in [2.45, 2.75) is 0 Å². The van der Waals surface area contributed by atoms with E-state index in [9.17, 15) is 25.0 Å². The zero-order valence-electron chi connectivity index (χ0n) is 13.9. The number of carbonyl (C=O) groups is 1. The van der Waals surface area contributed by atoms with Crippen molar-refractivity contribution >= 4 is 29.5 Å². The van der Waals surface area contributed by atoms with Gasteiger partial charge < -0.3 is 9.47 Å². The van der Waals surface area contributed by atoms with Gasteiger partial charge in [-0.15, -0.1) is 0 Å². The van der Waals surface area contributed by atoms with E-state index in [1.54, 1.807) is 24.3 Å². The quantitative estimate of drug-likeness (QED) is 0.335. The molecule has 0 N–H and O–H groups in total. The van der Waals surface area contributed by atoms with Crippen LogP contribution in [0, 0.1) is 20.2 Å². The summed E-state index contributed by atoms with van der Waals surface area (Å²) in [6.45, 7) is 0. The molecule has 2 rings (SSSR count). The van der Waals surface area contributed by atoms with Crippen LogP contribution in [0.5, 0.6) is 5.75 Å². The van der Waals surface area contributed by atoms with E-state index >= 15 is 0 Å². The Morgan fingerprint density at radius 3 is 1.92 bits per heavy atom. The Hall–Kier alpha value is -3.75. The second-order valence-corrected chi connectivity index (χ2v) is 5.04. The molecule has 0 saturated heterocycles. The second kappa shape index (κ2) is 7.88. The van der Waals surface area contributed by atoms with Crippen LogP contribution in [0.1, 0.15) is 21.5 Å². The largest absolute Gasteiger partial charge is 0.497 e. The third-order valence-electron chi connectivity index (χ3n) is 3.51. The summed E-state index contributed by atoms with van der Waals surface area (Å²) in [6, 6.07) is 8.65. The van der Waals surface area contributed by atoms with E-state index in [2.05, 4.69) is 4.74 Å². The summed E-state index contributed by atoms with van der Waals surface area (Å²) in [5, 5.41) is 22.7. The van der Waals surface area contributed by atoms with E-state index < -0.39 is 27.2 Å². The third kappa shape index (κ3) is 4.01. The van der Waals surface area contributed by atoms with Gasteiger partial charge in [-0.2, -0.15) is 0 Å². The van der Waals surface area contributed by atoms with Gasteiger partial charge in [-0.1, -0.05) is 18.2 Å². The molecule has 0 aliphatic carbocycles. The van der Waals surface area contributed by atoms with Gasteiger partial charge in [0.2, 0.25) is 0 Å². The highest BCUT2D eigenvalue weighted by Gasteiger charge is 2.27. The van der Waals surface area contributed by atoms with E-state index in [1.807, 2.05) is 0 Å². The summed E-state index contributed by atoms with van der Waals surface area (Å²) in [6.07, 6.45) is 2.76. The summed E-state index contributed by atoms with van der Waals surface area (Å²) < 4.78 is 9.52. The number of rotatable bonds is 6. The number of methoxy groups -OCH3 is 2. The molecule has 9 nitrogen and oxygen atoms in total. The minimum Gasteiger partial charge on any atom is -0.497 e. The molecular weight excluding hydrogens is 344 g/mol. The van der Waals surface area contributed by atoms with Crippen LogP contribution in [0.25, 0.3) is 12.2 Å². The molecule has 0 spiro atoms. The summed E-state index contributed by atoms with van der Waals surface area (Å²) in [4.78, 5) is 32.7. The van der Waals surface area contributed by atoms with Crippen molar-refractivity contribution < 1.29 is 24.1 Å². The molecule has 0 unspecified atom stereocenters. The van der Waals surface area contributed by atoms with Crippen LogP contribution in [0.15, 0.2) is 36.4 Å². The van der Waals surface area contributed by atoms with Crippen LogP contribution >= 0.6 is 0 Å². The Morgan fingerprint density at radius 2 is 1.50 bits per heavy atom. The molecule has 0 aliphatic rings. The Labute approximate surface area is 147 Å². The number of hydrogen-bond donors (Lipinski definition) is 0. The summed E-state index contributed by atoms with van der Waals surface area (Å²) >= 11 is 0. The highest BCUT2D eigenvalue weighted by atomic mass is 16.6. The molecule has 0 aliphatic heterocycles. The lowest BCUT2D eigenvalue weighted by atomic mass is 10.0. The van der Waals surface area contributed by atoms with Crippen molar-refractivity contribution in [2.75, 3.05) is 14.2 Å². The predicted octanol–water partition coefficient (Wildman–Crippen LogP) is 3.47. The topological polar surface area (TPSA) is 122 Å². The van der Waals surface area contributed by atoms with Gasteiger partial charge >= 0.3 is 5.97 Å². The van der Waals surface area contributed by atoms with Crippen LogP contribution in [0.4, 0.5) is 11.4 Å². The van der Waals surface area contributed by atoms with Crippen molar-refractivity contribution in [1.82, 2.24) is 0 Å². The lowest BCUT2D eigenvalue weighted by Gasteiger charge is -2.04. The number of nitro groups is 2. The highest BCUT2D eigenvalue weighted by Crippen LogP contribution is 2.32. The zero-order valence-corrected chi connectivity index (χ0v) is 13.9. The molecule has 0 radical (unpaired) electrons. The Bertz CT molecular complexity index is 853.